The first-order chi connectivity index (χ1) is 14.5. The zero-order valence-electron chi connectivity index (χ0n) is 15.9. The molecule has 3 heterocycles. The molecular formula is C19H20N4O4S3. The van der Waals surface area contributed by atoms with Crippen molar-refractivity contribution < 1.29 is 17.6 Å². The fourth-order valence-electron chi connectivity index (χ4n) is 3.18. The van der Waals surface area contributed by atoms with E-state index in [0.717, 1.165) is 22.0 Å². The molecule has 1 N–H and O–H groups in total. The van der Waals surface area contributed by atoms with Crippen LogP contribution in [0.4, 0.5) is 6.01 Å². The third-order valence-corrected chi connectivity index (χ3v) is 8.88. The molecule has 1 saturated heterocycles. The highest BCUT2D eigenvalue weighted by molar-refractivity contribution is 7.99. The second kappa shape index (κ2) is 9.29. The lowest BCUT2D eigenvalue weighted by atomic mass is 10.2. The molecule has 1 aromatic carbocycles. The fraction of sp³-hybridized carbons (Fsp3) is 0.316. The van der Waals surface area contributed by atoms with Crippen molar-refractivity contribution in [3.63, 3.8) is 0 Å². The lowest BCUT2D eigenvalue weighted by Gasteiger charge is -2.21. The van der Waals surface area contributed by atoms with Gasteiger partial charge in [0.15, 0.2) is 0 Å². The summed E-state index contributed by atoms with van der Waals surface area (Å²) in [6.07, 6.45) is 1.63. The van der Waals surface area contributed by atoms with E-state index in [4.69, 9.17) is 4.42 Å². The number of carbonyl (C=O) groups is 1. The Morgan fingerprint density at radius 3 is 2.83 bits per heavy atom. The van der Waals surface area contributed by atoms with E-state index in [1.165, 1.54) is 4.31 Å². The van der Waals surface area contributed by atoms with Gasteiger partial charge in [-0.1, -0.05) is 29.4 Å². The van der Waals surface area contributed by atoms with E-state index < -0.39 is 22.0 Å². The van der Waals surface area contributed by atoms with E-state index in [9.17, 15) is 13.2 Å². The molecule has 8 nitrogen and oxygen atoms in total. The van der Waals surface area contributed by atoms with Crippen LogP contribution in [-0.2, 0) is 21.2 Å². The van der Waals surface area contributed by atoms with Gasteiger partial charge in [-0.25, -0.2) is 8.42 Å². The van der Waals surface area contributed by atoms with Crippen molar-refractivity contribution >= 4 is 45.0 Å². The minimum atomic E-state index is -3.69. The predicted octanol–water partition coefficient (Wildman–Crippen LogP) is 3.26. The van der Waals surface area contributed by atoms with Crippen molar-refractivity contribution in [3.8, 4) is 0 Å². The molecule has 0 spiro atoms. The molecule has 1 aliphatic heterocycles. The van der Waals surface area contributed by atoms with Gasteiger partial charge in [-0.05, 0) is 36.4 Å². The summed E-state index contributed by atoms with van der Waals surface area (Å²) >= 11 is 2.81. The number of thioether (sulfide) groups is 1. The maximum atomic E-state index is 12.8. The van der Waals surface area contributed by atoms with Gasteiger partial charge in [0.25, 0.3) is 10.0 Å². The van der Waals surface area contributed by atoms with Gasteiger partial charge in [-0.15, -0.1) is 28.2 Å². The molecule has 30 heavy (non-hydrogen) atoms. The van der Waals surface area contributed by atoms with E-state index in [1.807, 2.05) is 30.3 Å². The molecule has 2 aromatic heterocycles. The second-order valence-electron chi connectivity index (χ2n) is 6.61. The van der Waals surface area contributed by atoms with Crippen molar-refractivity contribution in [2.75, 3.05) is 17.6 Å². The largest absolute Gasteiger partial charge is 0.408 e. The van der Waals surface area contributed by atoms with E-state index >= 15 is 0 Å². The summed E-state index contributed by atoms with van der Waals surface area (Å²) in [6, 6.07) is 12.4. The molecule has 0 aliphatic carbocycles. The lowest BCUT2D eigenvalue weighted by molar-refractivity contribution is -0.119. The van der Waals surface area contributed by atoms with Gasteiger partial charge in [0.05, 0.1) is 0 Å². The van der Waals surface area contributed by atoms with Crippen LogP contribution in [0.2, 0.25) is 0 Å². The number of hydrogen-bond acceptors (Lipinski definition) is 8. The number of nitrogens with zero attached hydrogens (tertiary/aromatic N) is 3. The minimum absolute atomic E-state index is 0.0138. The summed E-state index contributed by atoms with van der Waals surface area (Å²) in [5.41, 5.74) is 0. The van der Waals surface area contributed by atoms with Gasteiger partial charge in [0.2, 0.25) is 11.8 Å². The highest BCUT2D eigenvalue weighted by Crippen LogP contribution is 2.29. The van der Waals surface area contributed by atoms with Crippen molar-refractivity contribution in [1.29, 1.82) is 0 Å². The predicted molar refractivity (Wildman–Crippen MR) is 115 cm³/mol. The highest BCUT2D eigenvalue weighted by Gasteiger charge is 2.40. The van der Waals surface area contributed by atoms with Crippen LogP contribution in [0.15, 0.2) is 61.4 Å². The zero-order valence-corrected chi connectivity index (χ0v) is 18.4. The smallest absolute Gasteiger partial charge is 0.322 e. The number of rotatable bonds is 8. The normalized spacial score (nSPS) is 17.3. The first-order valence-electron chi connectivity index (χ1n) is 9.40. The quantitative estimate of drug-likeness (QED) is 0.510. The van der Waals surface area contributed by atoms with Crippen LogP contribution < -0.4 is 5.32 Å². The molecule has 1 atom stereocenters. The average molecular weight is 465 g/mol. The Morgan fingerprint density at radius 1 is 1.23 bits per heavy atom. The van der Waals surface area contributed by atoms with E-state index in [2.05, 4.69) is 15.5 Å². The maximum absolute atomic E-state index is 12.8. The Labute approximate surface area is 182 Å². The summed E-state index contributed by atoms with van der Waals surface area (Å²) in [5.74, 6) is 0.722. The van der Waals surface area contributed by atoms with Crippen LogP contribution in [-0.4, -0.2) is 47.2 Å². The first kappa shape index (κ1) is 21.0. The first-order valence-corrected chi connectivity index (χ1v) is 12.7. The molecule has 1 unspecified atom stereocenters. The van der Waals surface area contributed by atoms with Gasteiger partial charge in [-0.3, -0.25) is 10.1 Å². The van der Waals surface area contributed by atoms with Gasteiger partial charge in [-0.2, -0.15) is 4.31 Å². The summed E-state index contributed by atoms with van der Waals surface area (Å²) in [4.78, 5) is 13.9. The van der Waals surface area contributed by atoms with Gasteiger partial charge in [0.1, 0.15) is 10.3 Å². The molecule has 0 saturated carbocycles. The Balaban J connectivity index is 1.34. The number of amides is 1. The molecule has 11 heteroatoms. The number of nitrogens with one attached hydrogen (secondary N) is 1. The summed E-state index contributed by atoms with van der Waals surface area (Å²) in [6.45, 7) is 0.310. The number of benzene rings is 1. The third kappa shape index (κ3) is 4.75. The molecule has 1 fully saturated rings. The number of sulfonamides is 1. The zero-order chi connectivity index (χ0) is 21.0. The number of aromatic nitrogens is 2. The summed E-state index contributed by atoms with van der Waals surface area (Å²) in [7, 11) is -3.69. The van der Waals surface area contributed by atoms with Gasteiger partial charge < -0.3 is 4.42 Å². The Bertz CT molecular complexity index is 1080. The standard InChI is InChI=1S/C19H20N4O4S3/c24-18(15-8-4-11-23(15)30(25,26)17-9-5-12-29-17)20-19-22-21-16(27-19)10-13-28-14-6-2-1-3-7-14/h1-3,5-7,9,12,15H,4,8,10-11,13H2,(H,20,22,24). The minimum Gasteiger partial charge on any atom is -0.408 e. The van der Waals surface area contributed by atoms with Crippen molar-refractivity contribution in [1.82, 2.24) is 14.5 Å². The van der Waals surface area contributed by atoms with Gasteiger partial charge >= 0.3 is 6.01 Å². The van der Waals surface area contributed by atoms with Gasteiger partial charge in [0, 0.05) is 23.6 Å². The Kier molecular flexibility index (Phi) is 6.52. The average Bonchev–Trinajstić information content (AvgIpc) is 3.50. The molecular weight excluding hydrogens is 444 g/mol. The van der Waals surface area contributed by atoms with Crippen LogP contribution in [0.1, 0.15) is 18.7 Å². The van der Waals surface area contributed by atoms with Crippen molar-refractivity contribution in [2.24, 2.45) is 0 Å². The highest BCUT2D eigenvalue weighted by atomic mass is 32.2. The molecule has 4 rings (SSSR count). The molecule has 1 aliphatic rings. The van der Waals surface area contributed by atoms with Crippen LogP contribution in [0.5, 0.6) is 0 Å². The topological polar surface area (TPSA) is 105 Å². The van der Waals surface area contributed by atoms with Crippen molar-refractivity contribution in [2.45, 2.75) is 34.4 Å². The fourth-order valence-corrected chi connectivity index (χ4v) is 6.82. The number of aryl methyl sites for hydroxylation is 1. The van der Waals surface area contributed by atoms with Crippen LogP contribution >= 0.6 is 23.1 Å². The molecule has 1 amide bonds. The Morgan fingerprint density at radius 2 is 2.07 bits per heavy atom. The third-order valence-electron chi connectivity index (χ3n) is 4.59. The van der Waals surface area contributed by atoms with Crippen molar-refractivity contribution in [3.05, 3.63) is 53.7 Å². The summed E-state index contributed by atoms with van der Waals surface area (Å²) < 4.78 is 32.6. The van der Waals surface area contributed by atoms with Crippen LogP contribution in [0.25, 0.3) is 0 Å². The Hall–Kier alpha value is -2.21. The van der Waals surface area contributed by atoms with E-state index in [-0.39, 0.29) is 10.2 Å². The maximum Gasteiger partial charge on any atom is 0.322 e. The molecule has 158 valence electrons. The number of thiophene rings is 1. The monoisotopic (exact) mass is 464 g/mol. The lowest BCUT2D eigenvalue weighted by Crippen LogP contribution is -2.42. The molecule has 0 bridgehead atoms. The van der Waals surface area contributed by atoms with Crippen LogP contribution in [0.3, 0.4) is 0 Å². The number of hydrogen-bond donors (Lipinski definition) is 1. The second-order valence-corrected chi connectivity index (χ2v) is 10.8. The number of carbonyl (C=O) groups excluding carboxylic acids is 1. The SMILES string of the molecule is O=C(Nc1nnc(CCSc2ccccc2)o1)C1CCCN1S(=O)(=O)c1cccs1. The van der Waals surface area contributed by atoms with E-state index in [1.54, 1.807) is 29.3 Å². The van der Waals surface area contributed by atoms with E-state index in [0.29, 0.717) is 31.7 Å². The summed E-state index contributed by atoms with van der Waals surface area (Å²) in [5, 5.41) is 12.1. The molecule has 0 radical (unpaired) electrons. The van der Waals surface area contributed by atoms with Crippen LogP contribution in [0, 0.1) is 0 Å². The molecule has 3 aromatic rings. The number of anilines is 1.